The summed E-state index contributed by atoms with van der Waals surface area (Å²) in [5.74, 6) is 1.02. The molecule has 0 spiro atoms. The molecule has 4 aromatic carbocycles. The van der Waals surface area contributed by atoms with Gasteiger partial charge in [0, 0.05) is 17.5 Å². The highest BCUT2D eigenvalue weighted by Gasteiger charge is 2.16. The Morgan fingerprint density at radius 3 is 2.13 bits per heavy atom. The zero-order chi connectivity index (χ0) is 25.7. The standard InChI is InChI=1S/C36H34N2/c1-2-27-33-21-8-3-4-13-24-37-36(33)38-35(27)23-14-22-30-28-17-9-11-19-31(28)34(25-26-15-6-5-7-16-26)32-20-12-10-18-29(30)32/h4-7,9-20,23-24,38H,2-3,8,21-22,25H2,1H3/b13-4-,23-14-,37-24-. The lowest BCUT2D eigenvalue weighted by molar-refractivity contribution is 0.836. The van der Waals surface area contributed by atoms with Gasteiger partial charge in [0.15, 0.2) is 0 Å². The molecule has 0 saturated carbocycles. The van der Waals surface area contributed by atoms with Crippen molar-refractivity contribution in [2.24, 2.45) is 4.99 Å². The van der Waals surface area contributed by atoms with Gasteiger partial charge >= 0.3 is 0 Å². The maximum atomic E-state index is 4.73. The molecule has 188 valence electrons. The number of benzene rings is 4. The molecule has 38 heavy (non-hydrogen) atoms. The van der Waals surface area contributed by atoms with Crippen LogP contribution in [0, 0.1) is 0 Å². The summed E-state index contributed by atoms with van der Waals surface area (Å²) in [5.41, 5.74) is 8.14. The smallest absolute Gasteiger partial charge is 0.133 e. The van der Waals surface area contributed by atoms with Gasteiger partial charge in [-0.2, -0.15) is 0 Å². The number of H-pyrrole nitrogens is 1. The van der Waals surface area contributed by atoms with E-state index in [0.29, 0.717) is 0 Å². The average molecular weight is 495 g/mol. The van der Waals surface area contributed by atoms with Crippen LogP contribution in [0.15, 0.2) is 102 Å². The minimum atomic E-state index is 0.880. The van der Waals surface area contributed by atoms with Crippen LogP contribution >= 0.6 is 0 Å². The van der Waals surface area contributed by atoms with Crippen molar-refractivity contribution in [3.8, 4) is 0 Å². The van der Waals surface area contributed by atoms with E-state index in [-0.39, 0.29) is 0 Å². The molecule has 0 radical (unpaired) electrons. The summed E-state index contributed by atoms with van der Waals surface area (Å²) >= 11 is 0. The molecule has 0 aliphatic carbocycles. The minimum absolute atomic E-state index is 0.880. The maximum Gasteiger partial charge on any atom is 0.133 e. The fourth-order valence-corrected chi connectivity index (χ4v) is 5.99. The number of fused-ring (bicyclic) bond motifs is 3. The third-order valence-corrected chi connectivity index (χ3v) is 7.79. The van der Waals surface area contributed by atoms with Crippen molar-refractivity contribution in [2.45, 2.75) is 45.4 Å². The Bertz CT molecular complexity index is 1610. The number of allylic oxidation sites excluding steroid dienone is 3. The van der Waals surface area contributed by atoms with Crippen molar-refractivity contribution in [1.82, 2.24) is 4.98 Å². The summed E-state index contributed by atoms with van der Waals surface area (Å²) in [4.78, 5) is 8.35. The summed E-state index contributed by atoms with van der Waals surface area (Å²) in [6, 6.07) is 28.7. The summed E-state index contributed by atoms with van der Waals surface area (Å²) in [5, 5.41) is 5.41. The molecular formula is C36H34N2. The molecule has 1 aliphatic heterocycles. The molecule has 2 nitrogen and oxygen atoms in total. The molecule has 0 unspecified atom stereocenters. The first-order valence-corrected chi connectivity index (χ1v) is 13.9. The van der Waals surface area contributed by atoms with Crippen LogP contribution in [-0.2, 0) is 25.7 Å². The second kappa shape index (κ2) is 11.1. The Morgan fingerprint density at radius 2 is 1.45 bits per heavy atom. The highest BCUT2D eigenvalue weighted by molar-refractivity contribution is 6.06. The van der Waals surface area contributed by atoms with Crippen LogP contribution < -0.4 is 0 Å². The molecule has 0 fully saturated rings. The van der Waals surface area contributed by atoms with Gasteiger partial charge in [-0.15, -0.1) is 0 Å². The normalized spacial score (nSPS) is 15.3. The van der Waals surface area contributed by atoms with Gasteiger partial charge in [0.2, 0.25) is 0 Å². The van der Waals surface area contributed by atoms with E-state index in [1.54, 1.807) is 0 Å². The van der Waals surface area contributed by atoms with Gasteiger partial charge in [-0.3, -0.25) is 0 Å². The molecule has 1 aromatic heterocycles. The van der Waals surface area contributed by atoms with Crippen molar-refractivity contribution in [3.63, 3.8) is 0 Å². The summed E-state index contributed by atoms with van der Waals surface area (Å²) < 4.78 is 0. The van der Waals surface area contributed by atoms with Crippen molar-refractivity contribution in [2.75, 3.05) is 0 Å². The Balaban J connectivity index is 1.41. The van der Waals surface area contributed by atoms with Crippen LogP contribution in [0.5, 0.6) is 0 Å². The third-order valence-electron chi connectivity index (χ3n) is 7.79. The molecule has 1 N–H and O–H groups in total. The largest absolute Gasteiger partial charge is 0.340 e. The fraction of sp³-hybridized carbons (Fsp3) is 0.194. The molecule has 0 atom stereocenters. The van der Waals surface area contributed by atoms with E-state index < -0.39 is 0 Å². The molecule has 1 aliphatic rings. The van der Waals surface area contributed by atoms with Crippen LogP contribution in [0.2, 0.25) is 0 Å². The number of rotatable bonds is 6. The molecule has 2 heteroatoms. The molecule has 2 heterocycles. The van der Waals surface area contributed by atoms with E-state index in [2.05, 4.69) is 115 Å². The number of hydrogen-bond donors (Lipinski definition) is 1. The molecular weight excluding hydrogens is 460 g/mol. The Labute approximate surface area is 225 Å². The number of nitrogens with zero attached hydrogens (tertiary/aromatic N) is 1. The van der Waals surface area contributed by atoms with Gasteiger partial charge in [0.25, 0.3) is 0 Å². The highest BCUT2D eigenvalue weighted by atomic mass is 14.9. The van der Waals surface area contributed by atoms with E-state index in [1.807, 2.05) is 6.21 Å². The van der Waals surface area contributed by atoms with Crippen molar-refractivity contribution in [1.29, 1.82) is 0 Å². The number of aromatic amines is 1. The predicted octanol–water partition coefficient (Wildman–Crippen LogP) is 9.32. The maximum absolute atomic E-state index is 4.73. The number of hydrogen-bond acceptors (Lipinski definition) is 1. The van der Waals surface area contributed by atoms with E-state index >= 15 is 0 Å². The van der Waals surface area contributed by atoms with Gasteiger partial charge in [-0.25, -0.2) is 4.99 Å². The van der Waals surface area contributed by atoms with Crippen LogP contribution in [0.25, 0.3) is 27.6 Å². The Kier molecular flexibility index (Phi) is 7.04. The average Bonchev–Trinajstić information content (AvgIpc) is 3.34. The third kappa shape index (κ3) is 4.75. The molecule has 6 rings (SSSR count). The summed E-state index contributed by atoms with van der Waals surface area (Å²) in [6.45, 7) is 2.25. The predicted molar refractivity (Wildman–Crippen MR) is 164 cm³/mol. The highest BCUT2D eigenvalue weighted by Crippen LogP contribution is 2.35. The SMILES string of the molecule is CCc1c(/C=C\Cc2c3ccccc3c(Cc3ccccc3)c3ccccc23)[nH]c2c1CCC/C=C\C=N/2. The van der Waals surface area contributed by atoms with Gasteiger partial charge in [0.05, 0.1) is 0 Å². The first kappa shape index (κ1) is 24.2. The molecule has 5 aromatic rings. The second-order valence-corrected chi connectivity index (χ2v) is 10.1. The van der Waals surface area contributed by atoms with Gasteiger partial charge < -0.3 is 4.98 Å². The van der Waals surface area contributed by atoms with Crippen molar-refractivity contribution < 1.29 is 0 Å². The Hall–Kier alpha value is -4.17. The lowest BCUT2D eigenvalue weighted by Gasteiger charge is -2.16. The van der Waals surface area contributed by atoms with E-state index in [1.165, 1.54) is 55.1 Å². The fourth-order valence-electron chi connectivity index (χ4n) is 5.99. The number of nitrogens with one attached hydrogen (secondary N) is 1. The van der Waals surface area contributed by atoms with Crippen LogP contribution in [0.3, 0.4) is 0 Å². The van der Waals surface area contributed by atoms with E-state index in [9.17, 15) is 0 Å². The van der Waals surface area contributed by atoms with Gasteiger partial charge in [0.1, 0.15) is 5.82 Å². The first-order valence-electron chi connectivity index (χ1n) is 13.9. The number of aliphatic imine (C=N–C) groups is 1. The lowest BCUT2D eigenvalue weighted by atomic mass is 9.87. The quantitative estimate of drug-likeness (QED) is 0.228. The van der Waals surface area contributed by atoms with Crippen molar-refractivity contribution in [3.05, 3.63) is 131 Å². The molecule has 0 bridgehead atoms. The monoisotopic (exact) mass is 494 g/mol. The van der Waals surface area contributed by atoms with Crippen LogP contribution in [0.4, 0.5) is 5.82 Å². The number of aromatic nitrogens is 1. The van der Waals surface area contributed by atoms with Crippen LogP contribution in [-0.4, -0.2) is 11.2 Å². The van der Waals surface area contributed by atoms with Gasteiger partial charge in [-0.1, -0.05) is 97.9 Å². The Morgan fingerprint density at radius 1 is 0.789 bits per heavy atom. The second-order valence-electron chi connectivity index (χ2n) is 10.1. The van der Waals surface area contributed by atoms with E-state index in [4.69, 9.17) is 4.99 Å². The van der Waals surface area contributed by atoms with Crippen LogP contribution in [0.1, 0.15) is 53.3 Å². The topological polar surface area (TPSA) is 28.1 Å². The van der Waals surface area contributed by atoms with E-state index in [0.717, 1.165) is 44.3 Å². The summed E-state index contributed by atoms with van der Waals surface area (Å²) in [7, 11) is 0. The zero-order valence-electron chi connectivity index (χ0n) is 22.1. The minimum Gasteiger partial charge on any atom is -0.340 e. The lowest BCUT2D eigenvalue weighted by Crippen LogP contribution is -1.97. The van der Waals surface area contributed by atoms with Gasteiger partial charge in [-0.05, 0) is 94.5 Å². The first-order chi connectivity index (χ1) is 18.8. The summed E-state index contributed by atoms with van der Waals surface area (Å²) in [6.07, 6.45) is 17.0. The zero-order valence-corrected chi connectivity index (χ0v) is 22.1. The van der Waals surface area contributed by atoms with Crippen molar-refractivity contribution >= 4 is 39.7 Å². The molecule has 0 saturated heterocycles. The molecule has 0 amide bonds.